The Morgan fingerprint density at radius 3 is 2.67 bits per heavy atom. The fourth-order valence-electron chi connectivity index (χ4n) is 3.01. The van der Waals surface area contributed by atoms with Gasteiger partial charge in [-0.25, -0.2) is 4.99 Å². The second-order valence-electron chi connectivity index (χ2n) is 5.99. The Labute approximate surface area is 148 Å². The largest absolute Gasteiger partial charge is 0.356 e. The van der Waals surface area contributed by atoms with Crippen molar-refractivity contribution >= 4 is 23.1 Å². The number of nitriles is 1. The minimum atomic E-state index is 0.454. The third-order valence-corrected chi connectivity index (χ3v) is 4.58. The van der Waals surface area contributed by atoms with E-state index in [9.17, 15) is 5.26 Å². The fourth-order valence-corrected chi connectivity index (χ4v) is 3.22. The van der Waals surface area contributed by atoms with Crippen molar-refractivity contribution in [2.45, 2.75) is 32.2 Å². The molecule has 122 valence electrons. The van der Waals surface area contributed by atoms with Crippen molar-refractivity contribution in [2.24, 2.45) is 4.99 Å². The highest BCUT2D eigenvalue weighted by molar-refractivity contribution is 6.32. The first-order chi connectivity index (χ1) is 11.8. The van der Waals surface area contributed by atoms with Gasteiger partial charge in [-0.05, 0) is 30.5 Å². The Hall–Kier alpha value is -2.31. The summed E-state index contributed by atoms with van der Waals surface area (Å²) < 4.78 is 0. The molecule has 0 aliphatic carbocycles. The van der Waals surface area contributed by atoms with Crippen LogP contribution < -0.4 is 0 Å². The smallest absolute Gasteiger partial charge is 0.105 e. The molecule has 1 aliphatic rings. The van der Waals surface area contributed by atoms with Crippen molar-refractivity contribution in [3.63, 3.8) is 0 Å². The molecule has 0 bridgehead atoms. The standard InChI is InChI=1S/C20H20ClN3/c21-18-10-7-11-19(17(18)14-22)23-20-12-5-2-6-13-24(20)15-16-8-3-1-4-9-16/h1,3-4,7-11H,2,5-6,12-13,15H2/b23-20-. The minimum Gasteiger partial charge on any atom is -0.356 e. The van der Waals surface area contributed by atoms with E-state index in [1.54, 1.807) is 6.07 Å². The van der Waals surface area contributed by atoms with Gasteiger partial charge in [0.25, 0.3) is 0 Å². The lowest BCUT2D eigenvalue weighted by atomic mass is 10.2. The molecule has 1 saturated heterocycles. The average Bonchev–Trinajstić information content (AvgIpc) is 2.82. The zero-order valence-electron chi connectivity index (χ0n) is 13.6. The predicted octanol–water partition coefficient (Wildman–Crippen LogP) is 5.32. The van der Waals surface area contributed by atoms with Crippen molar-refractivity contribution in [1.29, 1.82) is 5.26 Å². The zero-order valence-corrected chi connectivity index (χ0v) is 14.3. The molecule has 24 heavy (non-hydrogen) atoms. The van der Waals surface area contributed by atoms with E-state index < -0.39 is 0 Å². The lowest BCUT2D eigenvalue weighted by Crippen LogP contribution is -2.29. The van der Waals surface area contributed by atoms with Gasteiger partial charge in [0.1, 0.15) is 11.9 Å². The van der Waals surface area contributed by atoms with Crippen LogP contribution in [-0.2, 0) is 6.54 Å². The molecule has 0 radical (unpaired) electrons. The SMILES string of the molecule is N#Cc1c(Cl)cccc1/N=C1/CCCCCN1Cc1ccccc1. The van der Waals surface area contributed by atoms with Crippen LogP contribution in [0, 0.1) is 11.3 Å². The van der Waals surface area contributed by atoms with Crippen LogP contribution >= 0.6 is 11.6 Å². The van der Waals surface area contributed by atoms with E-state index in [-0.39, 0.29) is 0 Å². The van der Waals surface area contributed by atoms with Gasteiger partial charge >= 0.3 is 0 Å². The summed E-state index contributed by atoms with van der Waals surface area (Å²) in [6.45, 7) is 1.85. The van der Waals surface area contributed by atoms with Gasteiger partial charge in [0.05, 0.1) is 16.3 Å². The Balaban J connectivity index is 1.93. The first kappa shape index (κ1) is 16.5. The normalized spacial score (nSPS) is 16.7. The highest BCUT2D eigenvalue weighted by atomic mass is 35.5. The summed E-state index contributed by atoms with van der Waals surface area (Å²) in [5.41, 5.74) is 2.40. The number of hydrogen-bond donors (Lipinski definition) is 0. The predicted molar refractivity (Wildman–Crippen MR) is 98.6 cm³/mol. The van der Waals surface area contributed by atoms with E-state index in [0.717, 1.165) is 31.8 Å². The van der Waals surface area contributed by atoms with Gasteiger partial charge in [-0.15, -0.1) is 0 Å². The molecule has 2 aromatic rings. The molecule has 2 aromatic carbocycles. The second kappa shape index (κ2) is 7.99. The van der Waals surface area contributed by atoms with Gasteiger partial charge in [0.2, 0.25) is 0 Å². The van der Waals surface area contributed by atoms with Crippen molar-refractivity contribution in [3.05, 3.63) is 64.7 Å². The molecule has 0 amide bonds. The third kappa shape index (κ3) is 3.96. The van der Waals surface area contributed by atoms with Gasteiger partial charge in [0.15, 0.2) is 0 Å². The molecule has 4 heteroatoms. The molecule has 0 saturated carbocycles. The first-order valence-electron chi connectivity index (χ1n) is 8.33. The van der Waals surface area contributed by atoms with E-state index in [1.165, 1.54) is 18.4 Å². The molecule has 0 unspecified atom stereocenters. The lowest BCUT2D eigenvalue weighted by molar-refractivity contribution is 0.408. The fraction of sp³-hybridized carbons (Fsp3) is 0.300. The third-order valence-electron chi connectivity index (χ3n) is 4.26. The molecule has 0 atom stereocenters. The quantitative estimate of drug-likeness (QED) is 0.760. The maximum absolute atomic E-state index is 9.37. The summed E-state index contributed by atoms with van der Waals surface area (Å²) in [5.74, 6) is 1.05. The van der Waals surface area contributed by atoms with Crippen LogP contribution in [0.4, 0.5) is 5.69 Å². The molecule has 1 heterocycles. The van der Waals surface area contributed by atoms with E-state index >= 15 is 0 Å². The second-order valence-corrected chi connectivity index (χ2v) is 6.40. The van der Waals surface area contributed by atoms with Gasteiger partial charge in [-0.2, -0.15) is 5.26 Å². The minimum absolute atomic E-state index is 0.454. The number of nitrogens with zero attached hydrogens (tertiary/aromatic N) is 3. The molecule has 0 aromatic heterocycles. The zero-order chi connectivity index (χ0) is 16.8. The van der Waals surface area contributed by atoms with Gasteiger partial charge in [0, 0.05) is 19.5 Å². The number of halogens is 1. The molecule has 3 nitrogen and oxygen atoms in total. The molecule has 0 spiro atoms. The van der Waals surface area contributed by atoms with E-state index in [4.69, 9.17) is 16.6 Å². The molecular weight excluding hydrogens is 318 g/mol. The van der Waals surface area contributed by atoms with E-state index in [0.29, 0.717) is 16.3 Å². The van der Waals surface area contributed by atoms with Crippen molar-refractivity contribution < 1.29 is 0 Å². The highest BCUT2D eigenvalue weighted by Crippen LogP contribution is 2.27. The summed E-state index contributed by atoms with van der Waals surface area (Å²) in [4.78, 5) is 7.16. The van der Waals surface area contributed by atoms with Gasteiger partial charge < -0.3 is 4.90 Å². The van der Waals surface area contributed by atoms with Crippen LogP contribution in [0.1, 0.15) is 36.8 Å². The maximum atomic E-state index is 9.37. The summed E-state index contributed by atoms with van der Waals surface area (Å²) in [6, 6.07) is 18.1. The molecule has 3 rings (SSSR count). The number of benzene rings is 2. The molecule has 1 fully saturated rings. The van der Waals surface area contributed by atoms with Crippen LogP contribution in [-0.4, -0.2) is 17.3 Å². The highest BCUT2D eigenvalue weighted by Gasteiger charge is 2.16. The first-order valence-corrected chi connectivity index (χ1v) is 8.71. The van der Waals surface area contributed by atoms with Crippen molar-refractivity contribution in [1.82, 2.24) is 4.90 Å². The van der Waals surface area contributed by atoms with Crippen molar-refractivity contribution in [3.8, 4) is 6.07 Å². The van der Waals surface area contributed by atoms with Crippen LogP contribution in [0.5, 0.6) is 0 Å². The molecule has 0 N–H and O–H groups in total. The summed E-state index contributed by atoms with van der Waals surface area (Å²) >= 11 is 6.14. The monoisotopic (exact) mass is 337 g/mol. The maximum Gasteiger partial charge on any atom is 0.105 e. The average molecular weight is 338 g/mol. The van der Waals surface area contributed by atoms with Crippen LogP contribution in [0.2, 0.25) is 5.02 Å². The van der Waals surface area contributed by atoms with Gasteiger partial charge in [-0.1, -0.05) is 54.4 Å². The summed E-state index contributed by atoms with van der Waals surface area (Å²) in [7, 11) is 0. The van der Waals surface area contributed by atoms with Crippen molar-refractivity contribution in [2.75, 3.05) is 6.54 Å². The number of likely N-dealkylation sites (tertiary alicyclic amines) is 1. The lowest BCUT2D eigenvalue weighted by Gasteiger charge is -2.24. The van der Waals surface area contributed by atoms with E-state index in [1.807, 2.05) is 18.2 Å². The molecular formula is C20H20ClN3. The Kier molecular flexibility index (Phi) is 5.51. The Morgan fingerprint density at radius 1 is 1.04 bits per heavy atom. The van der Waals surface area contributed by atoms with Gasteiger partial charge in [-0.3, -0.25) is 0 Å². The summed E-state index contributed by atoms with van der Waals surface area (Å²) in [5, 5.41) is 9.83. The van der Waals surface area contributed by atoms with Crippen LogP contribution in [0.3, 0.4) is 0 Å². The number of rotatable bonds is 3. The van der Waals surface area contributed by atoms with E-state index in [2.05, 4.69) is 35.2 Å². The number of amidine groups is 1. The number of aliphatic imine (C=N–C) groups is 1. The Morgan fingerprint density at radius 2 is 1.88 bits per heavy atom. The summed E-state index contributed by atoms with van der Waals surface area (Å²) in [6.07, 6.45) is 4.45. The van der Waals surface area contributed by atoms with Crippen LogP contribution in [0.25, 0.3) is 0 Å². The number of hydrogen-bond acceptors (Lipinski definition) is 2. The Bertz CT molecular complexity index is 762. The van der Waals surface area contributed by atoms with Crippen LogP contribution in [0.15, 0.2) is 53.5 Å². The molecule has 1 aliphatic heterocycles. The topological polar surface area (TPSA) is 39.4 Å².